The first-order valence-corrected chi connectivity index (χ1v) is 6.79. The van der Waals surface area contributed by atoms with Gasteiger partial charge in [0.1, 0.15) is 11.6 Å². The normalized spacial score (nSPS) is 10.4. The molecule has 0 bridgehead atoms. The summed E-state index contributed by atoms with van der Waals surface area (Å²) in [5.41, 5.74) is 1.73. The molecule has 0 amide bonds. The number of carbonyl (C=O) groups excluding carboxylic acids is 1. The number of hydrogen-bond donors (Lipinski definition) is 0. The molecule has 0 spiro atoms. The Hall–Kier alpha value is -1.55. The van der Waals surface area contributed by atoms with E-state index in [1.54, 1.807) is 18.5 Å². The number of halogens is 2. The van der Waals surface area contributed by atoms with Crippen molar-refractivity contribution >= 4 is 21.7 Å². The van der Waals surface area contributed by atoms with E-state index in [2.05, 4.69) is 20.9 Å². The zero-order valence-electron chi connectivity index (χ0n) is 10.3. The number of Topliss-reactive ketones (excluding diaryl/α,β-unsaturated/α-hetero) is 1. The van der Waals surface area contributed by atoms with Gasteiger partial charge in [-0.15, -0.1) is 0 Å². The van der Waals surface area contributed by atoms with Crippen molar-refractivity contribution in [2.45, 2.75) is 19.3 Å². The van der Waals surface area contributed by atoms with Crippen LogP contribution >= 0.6 is 15.9 Å². The number of carbonyl (C=O) groups is 1. The van der Waals surface area contributed by atoms with E-state index >= 15 is 0 Å². The summed E-state index contributed by atoms with van der Waals surface area (Å²) in [6, 6.07) is 8.18. The van der Waals surface area contributed by atoms with E-state index in [4.69, 9.17) is 0 Å². The minimum Gasteiger partial charge on any atom is -0.299 e. The van der Waals surface area contributed by atoms with Gasteiger partial charge in [0.2, 0.25) is 0 Å². The van der Waals surface area contributed by atoms with Gasteiger partial charge in [-0.2, -0.15) is 0 Å². The van der Waals surface area contributed by atoms with E-state index in [1.165, 1.54) is 12.1 Å². The smallest absolute Gasteiger partial charge is 0.137 e. The van der Waals surface area contributed by atoms with Crippen molar-refractivity contribution in [1.29, 1.82) is 0 Å². The first-order valence-electron chi connectivity index (χ1n) is 5.99. The molecular weight excluding hydrogens is 309 g/mol. The van der Waals surface area contributed by atoms with Gasteiger partial charge in [-0.05, 0) is 41.8 Å². The first kappa shape index (κ1) is 13.9. The lowest BCUT2D eigenvalue weighted by molar-refractivity contribution is -0.118. The fourth-order valence-electron chi connectivity index (χ4n) is 1.81. The molecule has 0 aliphatic heterocycles. The highest BCUT2D eigenvalue weighted by Crippen LogP contribution is 2.19. The SMILES string of the molecule is O=C(CCc1cccnc1)Cc1cc(F)ccc1Br. The number of rotatable bonds is 5. The van der Waals surface area contributed by atoms with E-state index in [9.17, 15) is 9.18 Å². The number of hydrogen-bond acceptors (Lipinski definition) is 2. The largest absolute Gasteiger partial charge is 0.299 e. The summed E-state index contributed by atoms with van der Waals surface area (Å²) in [5, 5.41) is 0. The summed E-state index contributed by atoms with van der Waals surface area (Å²) < 4.78 is 13.9. The van der Waals surface area contributed by atoms with Crippen LogP contribution in [0.2, 0.25) is 0 Å². The number of pyridine rings is 1. The van der Waals surface area contributed by atoms with Crippen LogP contribution in [0.5, 0.6) is 0 Å². The van der Waals surface area contributed by atoms with Crippen LogP contribution in [-0.4, -0.2) is 10.8 Å². The maximum Gasteiger partial charge on any atom is 0.137 e. The predicted molar refractivity (Wildman–Crippen MR) is 75.4 cm³/mol. The highest BCUT2D eigenvalue weighted by Gasteiger charge is 2.08. The summed E-state index contributed by atoms with van der Waals surface area (Å²) >= 11 is 3.33. The average Bonchev–Trinajstić information content (AvgIpc) is 2.42. The topological polar surface area (TPSA) is 30.0 Å². The summed E-state index contributed by atoms with van der Waals surface area (Å²) in [7, 11) is 0. The fourth-order valence-corrected chi connectivity index (χ4v) is 2.20. The van der Waals surface area contributed by atoms with Crippen LogP contribution in [0.25, 0.3) is 0 Å². The highest BCUT2D eigenvalue weighted by atomic mass is 79.9. The third kappa shape index (κ3) is 4.24. The Kier molecular flexibility index (Phi) is 4.80. The molecule has 0 N–H and O–H groups in total. The molecular formula is C15H13BrFNO. The van der Waals surface area contributed by atoms with Gasteiger partial charge in [0.15, 0.2) is 0 Å². The molecule has 0 saturated carbocycles. The van der Waals surface area contributed by atoms with Crippen molar-refractivity contribution < 1.29 is 9.18 Å². The molecule has 2 nitrogen and oxygen atoms in total. The standard InChI is InChI=1S/C15H13BrFNO/c16-15-6-4-13(17)8-12(15)9-14(19)5-3-11-2-1-7-18-10-11/h1-2,4,6-8,10H,3,5,9H2. The number of aryl methyl sites for hydroxylation is 1. The van der Waals surface area contributed by atoms with E-state index in [1.807, 2.05) is 12.1 Å². The quantitative estimate of drug-likeness (QED) is 0.840. The van der Waals surface area contributed by atoms with Gasteiger partial charge in [0, 0.05) is 29.7 Å². The highest BCUT2D eigenvalue weighted by molar-refractivity contribution is 9.10. The fraction of sp³-hybridized carbons (Fsp3) is 0.200. The zero-order chi connectivity index (χ0) is 13.7. The first-order chi connectivity index (χ1) is 9.15. The second kappa shape index (κ2) is 6.57. The molecule has 2 aromatic rings. The molecule has 1 aromatic carbocycles. The van der Waals surface area contributed by atoms with Crippen molar-refractivity contribution in [3.63, 3.8) is 0 Å². The van der Waals surface area contributed by atoms with Crippen LogP contribution in [0.1, 0.15) is 17.5 Å². The van der Waals surface area contributed by atoms with E-state index in [0.717, 1.165) is 10.0 Å². The van der Waals surface area contributed by atoms with Gasteiger partial charge in [-0.3, -0.25) is 9.78 Å². The molecule has 98 valence electrons. The van der Waals surface area contributed by atoms with E-state index in [-0.39, 0.29) is 18.0 Å². The maximum absolute atomic E-state index is 13.1. The van der Waals surface area contributed by atoms with Crippen LogP contribution in [0.3, 0.4) is 0 Å². The summed E-state index contributed by atoms with van der Waals surface area (Å²) in [6.07, 6.45) is 4.81. The zero-order valence-corrected chi connectivity index (χ0v) is 11.9. The van der Waals surface area contributed by atoms with Crippen molar-refractivity contribution in [2.75, 3.05) is 0 Å². The predicted octanol–water partition coefficient (Wildman–Crippen LogP) is 3.73. The van der Waals surface area contributed by atoms with Crippen LogP contribution in [0, 0.1) is 5.82 Å². The average molecular weight is 322 g/mol. The Labute approximate surface area is 119 Å². The number of nitrogens with zero attached hydrogens (tertiary/aromatic N) is 1. The van der Waals surface area contributed by atoms with Gasteiger partial charge in [-0.25, -0.2) is 4.39 Å². The van der Waals surface area contributed by atoms with Gasteiger partial charge < -0.3 is 0 Å². The second-order valence-corrected chi connectivity index (χ2v) is 5.17. The molecule has 0 fully saturated rings. The summed E-state index contributed by atoms with van der Waals surface area (Å²) in [6.45, 7) is 0. The molecule has 1 heterocycles. The molecule has 0 unspecified atom stereocenters. The lowest BCUT2D eigenvalue weighted by atomic mass is 10.0. The van der Waals surface area contributed by atoms with E-state index in [0.29, 0.717) is 18.4 Å². The monoisotopic (exact) mass is 321 g/mol. The van der Waals surface area contributed by atoms with E-state index < -0.39 is 0 Å². The third-order valence-electron chi connectivity index (χ3n) is 2.81. The van der Waals surface area contributed by atoms with Crippen molar-refractivity contribution in [1.82, 2.24) is 4.98 Å². The number of aromatic nitrogens is 1. The Morgan fingerprint density at radius 3 is 2.89 bits per heavy atom. The number of benzene rings is 1. The molecule has 19 heavy (non-hydrogen) atoms. The molecule has 1 aromatic heterocycles. The second-order valence-electron chi connectivity index (χ2n) is 4.31. The van der Waals surface area contributed by atoms with Crippen LogP contribution in [0.15, 0.2) is 47.2 Å². The van der Waals surface area contributed by atoms with Gasteiger partial charge in [0.05, 0.1) is 0 Å². The lowest BCUT2D eigenvalue weighted by Crippen LogP contribution is -2.05. The Morgan fingerprint density at radius 1 is 1.32 bits per heavy atom. The van der Waals surface area contributed by atoms with Crippen LogP contribution < -0.4 is 0 Å². The minimum atomic E-state index is -0.321. The molecule has 2 rings (SSSR count). The van der Waals surface area contributed by atoms with Gasteiger partial charge in [-0.1, -0.05) is 22.0 Å². The Balaban J connectivity index is 1.93. The molecule has 0 saturated heterocycles. The lowest BCUT2D eigenvalue weighted by Gasteiger charge is -2.04. The van der Waals surface area contributed by atoms with Crippen molar-refractivity contribution in [3.05, 3.63) is 64.1 Å². The molecule has 4 heteroatoms. The Morgan fingerprint density at radius 2 is 2.16 bits per heavy atom. The number of ketones is 1. The van der Waals surface area contributed by atoms with Crippen molar-refractivity contribution in [2.24, 2.45) is 0 Å². The van der Waals surface area contributed by atoms with Crippen LogP contribution in [0.4, 0.5) is 4.39 Å². The van der Waals surface area contributed by atoms with Gasteiger partial charge >= 0.3 is 0 Å². The molecule has 0 aliphatic rings. The maximum atomic E-state index is 13.1. The van der Waals surface area contributed by atoms with Crippen molar-refractivity contribution in [3.8, 4) is 0 Å². The third-order valence-corrected chi connectivity index (χ3v) is 3.58. The Bertz CT molecular complexity index is 572. The molecule has 0 atom stereocenters. The summed E-state index contributed by atoms with van der Waals surface area (Å²) in [5.74, 6) is -0.228. The van der Waals surface area contributed by atoms with Crippen LogP contribution in [-0.2, 0) is 17.6 Å². The molecule has 0 aliphatic carbocycles. The minimum absolute atomic E-state index is 0.0927. The summed E-state index contributed by atoms with van der Waals surface area (Å²) in [4.78, 5) is 15.9. The van der Waals surface area contributed by atoms with Gasteiger partial charge in [0.25, 0.3) is 0 Å². The molecule has 0 radical (unpaired) electrons.